The SMILES string of the molecule is C[C@@H](O)[C@H](N)C(=O)N1CCC[C@H]1C(=O)N[C@@H](CCCN=C(N)N)C(=O)N[C@H](C(=O)N1CCC1C(=O)N1CCC[C@H]1C(=O)N1CCC[C@H]1C(=O)N[C@@H](CO)C(=O)N[C@@H](CCC(N)=O)C(=O)O)[C@@H](C)O. The van der Waals surface area contributed by atoms with Gasteiger partial charge in [0.25, 0.3) is 0 Å². The first-order valence-corrected chi connectivity index (χ1v) is 22.8. The second-order valence-electron chi connectivity index (χ2n) is 17.6. The topological polar surface area (TPSA) is 429 Å². The summed E-state index contributed by atoms with van der Waals surface area (Å²) in [6, 6.07) is -11.6. The largest absolute Gasteiger partial charge is 0.480 e. The maximum absolute atomic E-state index is 14.2. The zero-order chi connectivity index (χ0) is 50.6. The first-order valence-electron chi connectivity index (χ1n) is 22.8. The van der Waals surface area contributed by atoms with Gasteiger partial charge >= 0.3 is 5.97 Å². The Balaban J connectivity index is 1.43. The molecule has 0 aromatic heterocycles. The van der Waals surface area contributed by atoms with E-state index in [1.165, 1.54) is 33.4 Å². The molecule has 4 saturated heterocycles. The Hall–Kier alpha value is -6.19. The number of aliphatic hydroxyl groups excluding tert-OH is 3. The van der Waals surface area contributed by atoms with Gasteiger partial charge in [-0.1, -0.05) is 0 Å². The number of aliphatic imine (C=N–C) groups is 1. The molecule has 16 N–H and O–H groups in total. The van der Waals surface area contributed by atoms with Crippen LogP contribution in [0.1, 0.15) is 84.5 Å². The standard InChI is InChI=1S/C41H67N13O14/c1-20(56)30(43)38(65)52-16-5-9-26(52)34(61)47-22(7-3-14-46-41(44)45)32(59)50-31(21(2)57)39(66)54-18-13-28(54)37(64)53-17-6-10-27(53)36(63)51-15-4-8-25(51)35(62)49-24(19-55)33(60)48-23(40(67)68)11-12-29(42)58/h20-28,30-31,55-57H,3-19,43H2,1-2H3,(H2,42,58)(H,47,61)(H,48,60)(H,49,62)(H,50,59)(H,67,68)(H4,44,45,46)/t20-,21-,22+,23+,24+,25+,26+,27+,28?,30+,31+/m1/s1. The molecule has 0 bridgehead atoms. The zero-order valence-electron chi connectivity index (χ0n) is 38.3. The van der Waals surface area contributed by atoms with Gasteiger partial charge in [-0.15, -0.1) is 0 Å². The number of likely N-dealkylation sites (tertiary alicyclic amines) is 4. The Morgan fingerprint density at radius 2 is 1.12 bits per heavy atom. The average Bonchev–Trinajstić information content (AvgIpc) is 4.07. The molecule has 4 rings (SSSR count). The normalized spacial score (nSPS) is 23.1. The highest BCUT2D eigenvalue weighted by Gasteiger charge is 2.49. The van der Waals surface area contributed by atoms with Crippen LogP contribution in [0.2, 0.25) is 0 Å². The van der Waals surface area contributed by atoms with E-state index in [0.29, 0.717) is 19.3 Å². The lowest BCUT2D eigenvalue weighted by atomic mass is 9.97. The summed E-state index contributed by atoms with van der Waals surface area (Å²) in [6.07, 6.45) is -1.18. The molecule has 4 aliphatic rings. The van der Waals surface area contributed by atoms with E-state index < -0.39 is 132 Å². The maximum atomic E-state index is 14.2. The van der Waals surface area contributed by atoms with Crippen LogP contribution < -0.4 is 44.2 Å². The van der Waals surface area contributed by atoms with Crippen LogP contribution >= 0.6 is 0 Å². The number of nitrogens with zero attached hydrogens (tertiary/aromatic N) is 5. The summed E-state index contributed by atoms with van der Waals surface area (Å²) in [4.78, 5) is 141. The number of carboxylic acid groups (broad SMARTS) is 1. The fourth-order valence-corrected chi connectivity index (χ4v) is 8.72. The van der Waals surface area contributed by atoms with Crippen LogP contribution in [0.4, 0.5) is 0 Å². The molecule has 0 aromatic carbocycles. The van der Waals surface area contributed by atoms with Gasteiger partial charge < -0.3 is 84.2 Å². The van der Waals surface area contributed by atoms with Crippen molar-refractivity contribution < 1.29 is 68.4 Å². The molecule has 0 saturated carbocycles. The number of guanidine groups is 1. The molecule has 27 heteroatoms. The monoisotopic (exact) mass is 965 g/mol. The number of amides is 9. The van der Waals surface area contributed by atoms with Gasteiger partial charge in [0, 0.05) is 39.1 Å². The first-order chi connectivity index (χ1) is 32.1. The van der Waals surface area contributed by atoms with E-state index >= 15 is 0 Å². The Bertz CT molecular complexity index is 1930. The number of hydrogen-bond acceptors (Lipinski definition) is 15. The highest BCUT2D eigenvalue weighted by Crippen LogP contribution is 2.29. The Labute approximate surface area is 392 Å². The van der Waals surface area contributed by atoms with Gasteiger partial charge in [-0.05, 0) is 78.1 Å². The molecular formula is C41H67N13O14. The second-order valence-corrected chi connectivity index (χ2v) is 17.6. The van der Waals surface area contributed by atoms with E-state index in [0.717, 1.165) is 0 Å². The third-order valence-corrected chi connectivity index (χ3v) is 12.6. The molecule has 1 unspecified atom stereocenters. The quantitative estimate of drug-likeness (QED) is 0.0257. The van der Waals surface area contributed by atoms with Gasteiger partial charge in [-0.2, -0.15) is 0 Å². The summed E-state index contributed by atoms with van der Waals surface area (Å²) in [6.45, 7) is 2.25. The molecule has 0 radical (unpaired) electrons. The molecule has 0 aliphatic carbocycles. The maximum Gasteiger partial charge on any atom is 0.326 e. The van der Waals surface area contributed by atoms with Crippen molar-refractivity contribution in [2.24, 2.45) is 27.9 Å². The van der Waals surface area contributed by atoms with Gasteiger partial charge in [0.1, 0.15) is 54.4 Å². The predicted octanol–water partition coefficient (Wildman–Crippen LogP) is -7.02. The average molecular weight is 966 g/mol. The lowest BCUT2D eigenvalue weighted by molar-refractivity contribution is -0.159. The Morgan fingerprint density at radius 3 is 1.62 bits per heavy atom. The second kappa shape index (κ2) is 24.7. The van der Waals surface area contributed by atoms with Crippen LogP contribution in [0.15, 0.2) is 4.99 Å². The number of aliphatic hydroxyl groups is 3. The van der Waals surface area contributed by atoms with Gasteiger partial charge in [0.05, 0.1) is 18.8 Å². The smallest absolute Gasteiger partial charge is 0.326 e. The molecule has 4 heterocycles. The molecule has 0 aromatic rings. The Kier molecular flexibility index (Phi) is 19.8. The van der Waals surface area contributed by atoms with Gasteiger partial charge in [-0.25, -0.2) is 4.79 Å². The predicted molar refractivity (Wildman–Crippen MR) is 236 cm³/mol. The molecule has 0 spiro atoms. The summed E-state index contributed by atoms with van der Waals surface area (Å²) in [7, 11) is 0. The number of rotatable bonds is 23. The molecule has 68 heavy (non-hydrogen) atoms. The summed E-state index contributed by atoms with van der Waals surface area (Å²) >= 11 is 0. The molecule has 11 atom stereocenters. The van der Waals surface area contributed by atoms with Crippen molar-refractivity contribution in [3.63, 3.8) is 0 Å². The molecule has 27 nitrogen and oxygen atoms in total. The number of nitrogens with two attached hydrogens (primary N) is 4. The third-order valence-electron chi connectivity index (χ3n) is 12.6. The molecule has 4 fully saturated rings. The van der Waals surface area contributed by atoms with E-state index in [1.807, 2.05) is 0 Å². The number of carboxylic acids is 1. The lowest BCUT2D eigenvalue weighted by Crippen LogP contribution is -2.66. The summed E-state index contributed by atoms with van der Waals surface area (Å²) in [5.41, 5.74) is 21.8. The van der Waals surface area contributed by atoms with Crippen LogP contribution in [0.3, 0.4) is 0 Å². The molecule has 9 amide bonds. The van der Waals surface area contributed by atoms with E-state index in [9.17, 15) is 68.4 Å². The highest BCUT2D eigenvalue weighted by atomic mass is 16.4. The van der Waals surface area contributed by atoms with E-state index in [1.54, 1.807) is 0 Å². The van der Waals surface area contributed by atoms with Crippen LogP contribution in [-0.2, 0) is 47.9 Å². The fourth-order valence-electron chi connectivity index (χ4n) is 8.72. The van der Waals surface area contributed by atoms with Crippen LogP contribution in [0.5, 0.6) is 0 Å². The van der Waals surface area contributed by atoms with Crippen molar-refractivity contribution in [2.45, 2.75) is 151 Å². The number of carbonyl (C=O) groups excluding carboxylic acids is 9. The van der Waals surface area contributed by atoms with Crippen LogP contribution in [0.25, 0.3) is 0 Å². The number of hydrogen-bond donors (Lipinski definition) is 12. The molecular weight excluding hydrogens is 899 g/mol. The summed E-state index contributed by atoms with van der Waals surface area (Å²) < 4.78 is 0. The fraction of sp³-hybridized carbons (Fsp3) is 0.732. The van der Waals surface area contributed by atoms with Crippen molar-refractivity contribution in [3.8, 4) is 0 Å². The van der Waals surface area contributed by atoms with E-state index in [2.05, 4.69) is 26.3 Å². The van der Waals surface area contributed by atoms with Crippen molar-refractivity contribution in [1.82, 2.24) is 40.9 Å². The van der Waals surface area contributed by atoms with Crippen LogP contribution in [-0.4, -0.2) is 211 Å². The number of carbonyl (C=O) groups is 10. The number of aliphatic carboxylic acids is 1. The van der Waals surface area contributed by atoms with Gasteiger partial charge in [0.15, 0.2) is 5.96 Å². The molecule has 4 aliphatic heterocycles. The zero-order valence-corrected chi connectivity index (χ0v) is 38.3. The van der Waals surface area contributed by atoms with Gasteiger partial charge in [0.2, 0.25) is 53.2 Å². The van der Waals surface area contributed by atoms with Gasteiger partial charge in [-0.3, -0.25) is 48.1 Å². The minimum atomic E-state index is -1.61. The van der Waals surface area contributed by atoms with Crippen molar-refractivity contribution >= 4 is 65.1 Å². The summed E-state index contributed by atoms with van der Waals surface area (Å²) in [5, 5.41) is 49.8. The minimum absolute atomic E-state index is 0.0398. The first kappa shape index (κ1) is 54.4. The van der Waals surface area contributed by atoms with Crippen molar-refractivity contribution in [2.75, 3.05) is 39.3 Å². The lowest BCUT2D eigenvalue weighted by Gasteiger charge is -2.44. The number of primary amides is 1. The highest BCUT2D eigenvalue weighted by molar-refractivity contribution is 5.99. The van der Waals surface area contributed by atoms with E-state index in [4.69, 9.17) is 22.9 Å². The van der Waals surface area contributed by atoms with Crippen LogP contribution in [0, 0.1) is 0 Å². The van der Waals surface area contributed by atoms with E-state index in [-0.39, 0.29) is 90.0 Å². The van der Waals surface area contributed by atoms with Crippen molar-refractivity contribution in [1.29, 1.82) is 0 Å². The number of nitrogens with one attached hydrogen (secondary N) is 4. The third kappa shape index (κ3) is 13.7. The summed E-state index contributed by atoms with van der Waals surface area (Å²) in [5.74, 6) is -8.50. The van der Waals surface area contributed by atoms with Crippen molar-refractivity contribution in [3.05, 3.63) is 0 Å². The molecule has 380 valence electrons. The Morgan fingerprint density at radius 1 is 0.618 bits per heavy atom. The minimum Gasteiger partial charge on any atom is -0.480 e.